The molecule has 1 N–H and O–H groups in total. The first-order valence-corrected chi connectivity index (χ1v) is 7.47. The Hall–Kier alpha value is -1.68. The Kier molecular flexibility index (Phi) is 5.10. The second-order valence-electron chi connectivity index (χ2n) is 4.38. The van der Waals surface area contributed by atoms with Crippen molar-refractivity contribution in [3.63, 3.8) is 0 Å². The maximum atomic E-state index is 12.0. The Balaban J connectivity index is 2.00. The highest BCUT2D eigenvalue weighted by atomic mass is 32.1. The molecule has 19 heavy (non-hydrogen) atoms. The van der Waals surface area contributed by atoms with Crippen molar-refractivity contribution in [2.24, 2.45) is 0 Å². The molecule has 1 aromatic heterocycles. The van der Waals surface area contributed by atoms with Crippen LogP contribution in [0.3, 0.4) is 0 Å². The molecule has 2 aromatic rings. The van der Waals surface area contributed by atoms with Gasteiger partial charge in [0.15, 0.2) is 0 Å². The number of unbranched alkanes of at least 4 members (excludes halogenated alkanes) is 2. The molecule has 0 atom stereocenters. The van der Waals surface area contributed by atoms with E-state index in [2.05, 4.69) is 17.2 Å². The predicted molar refractivity (Wildman–Crippen MR) is 79.4 cm³/mol. The van der Waals surface area contributed by atoms with Gasteiger partial charge in [-0.3, -0.25) is 4.79 Å². The van der Waals surface area contributed by atoms with Crippen LogP contribution in [0.15, 0.2) is 35.8 Å². The zero-order chi connectivity index (χ0) is 13.5. The molecular formula is C15H18N2OS. The van der Waals surface area contributed by atoms with Gasteiger partial charge in [-0.1, -0.05) is 31.9 Å². The lowest BCUT2D eigenvalue weighted by atomic mass is 10.1. The fraction of sp³-hybridized carbons (Fsp3) is 0.333. The first kappa shape index (κ1) is 13.7. The average Bonchev–Trinajstić information content (AvgIpc) is 2.98. The van der Waals surface area contributed by atoms with Gasteiger partial charge in [-0.2, -0.15) is 0 Å². The third-order valence-corrected chi connectivity index (χ3v) is 3.69. The van der Waals surface area contributed by atoms with Crippen LogP contribution in [-0.4, -0.2) is 17.4 Å². The van der Waals surface area contributed by atoms with Gasteiger partial charge in [0.25, 0.3) is 5.91 Å². The molecule has 2 rings (SSSR count). The number of rotatable bonds is 6. The number of carbonyl (C=O) groups is 1. The van der Waals surface area contributed by atoms with Crippen molar-refractivity contribution in [2.45, 2.75) is 26.2 Å². The fourth-order valence-electron chi connectivity index (χ4n) is 1.84. The average molecular weight is 274 g/mol. The number of nitrogens with zero attached hydrogens (tertiary/aromatic N) is 1. The SMILES string of the molecule is CCCCCNC(=O)c1cccc(-c2nccs2)c1. The second-order valence-corrected chi connectivity index (χ2v) is 5.28. The fourth-order valence-corrected chi connectivity index (χ4v) is 2.47. The van der Waals surface area contributed by atoms with Gasteiger partial charge < -0.3 is 5.32 Å². The van der Waals surface area contributed by atoms with Crippen LogP contribution in [0.5, 0.6) is 0 Å². The van der Waals surface area contributed by atoms with Crippen LogP contribution in [-0.2, 0) is 0 Å². The summed E-state index contributed by atoms with van der Waals surface area (Å²) in [5, 5.41) is 5.83. The van der Waals surface area contributed by atoms with Gasteiger partial charge in [0, 0.05) is 29.2 Å². The van der Waals surface area contributed by atoms with Crippen molar-refractivity contribution in [2.75, 3.05) is 6.54 Å². The summed E-state index contributed by atoms with van der Waals surface area (Å²) in [6, 6.07) is 7.62. The van der Waals surface area contributed by atoms with E-state index in [4.69, 9.17) is 0 Å². The molecule has 0 saturated heterocycles. The van der Waals surface area contributed by atoms with Crippen LogP contribution < -0.4 is 5.32 Å². The molecule has 0 saturated carbocycles. The molecule has 0 spiro atoms. The summed E-state index contributed by atoms with van der Waals surface area (Å²) in [4.78, 5) is 16.3. The van der Waals surface area contributed by atoms with Gasteiger partial charge in [0.2, 0.25) is 0 Å². The lowest BCUT2D eigenvalue weighted by Gasteiger charge is -2.05. The zero-order valence-electron chi connectivity index (χ0n) is 11.1. The van der Waals surface area contributed by atoms with E-state index in [1.165, 1.54) is 0 Å². The van der Waals surface area contributed by atoms with Crippen molar-refractivity contribution in [3.8, 4) is 10.6 Å². The van der Waals surface area contributed by atoms with E-state index in [1.54, 1.807) is 17.5 Å². The third kappa shape index (κ3) is 3.89. The largest absolute Gasteiger partial charge is 0.352 e. The van der Waals surface area contributed by atoms with Crippen LogP contribution in [0.25, 0.3) is 10.6 Å². The topological polar surface area (TPSA) is 42.0 Å². The molecule has 0 bridgehead atoms. The molecule has 0 unspecified atom stereocenters. The van der Waals surface area contributed by atoms with Gasteiger partial charge in [0.05, 0.1) is 0 Å². The molecule has 0 aliphatic carbocycles. The third-order valence-electron chi connectivity index (χ3n) is 2.87. The van der Waals surface area contributed by atoms with Crippen molar-refractivity contribution in [1.29, 1.82) is 0 Å². The first-order chi connectivity index (χ1) is 9.31. The summed E-state index contributed by atoms with van der Waals surface area (Å²) >= 11 is 1.58. The van der Waals surface area contributed by atoms with E-state index in [0.717, 1.165) is 36.4 Å². The summed E-state index contributed by atoms with van der Waals surface area (Å²) in [6.07, 6.45) is 5.13. The highest BCUT2D eigenvalue weighted by Crippen LogP contribution is 2.22. The highest BCUT2D eigenvalue weighted by molar-refractivity contribution is 7.13. The lowest BCUT2D eigenvalue weighted by Crippen LogP contribution is -2.24. The Labute approximate surface area is 117 Å². The van der Waals surface area contributed by atoms with Crippen LogP contribution in [0, 0.1) is 0 Å². The first-order valence-electron chi connectivity index (χ1n) is 6.59. The minimum Gasteiger partial charge on any atom is -0.352 e. The van der Waals surface area contributed by atoms with Crippen molar-refractivity contribution < 1.29 is 4.79 Å². The van der Waals surface area contributed by atoms with E-state index < -0.39 is 0 Å². The Morgan fingerprint density at radius 1 is 1.37 bits per heavy atom. The van der Waals surface area contributed by atoms with Crippen LogP contribution in [0.2, 0.25) is 0 Å². The molecule has 1 amide bonds. The molecular weight excluding hydrogens is 256 g/mol. The molecule has 1 aromatic carbocycles. The maximum absolute atomic E-state index is 12.0. The smallest absolute Gasteiger partial charge is 0.251 e. The zero-order valence-corrected chi connectivity index (χ0v) is 11.9. The van der Waals surface area contributed by atoms with Crippen molar-refractivity contribution >= 4 is 17.2 Å². The molecule has 4 heteroatoms. The summed E-state index contributed by atoms with van der Waals surface area (Å²) < 4.78 is 0. The molecule has 0 aliphatic heterocycles. The molecule has 3 nitrogen and oxygen atoms in total. The van der Waals surface area contributed by atoms with E-state index in [1.807, 2.05) is 29.6 Å². The number of thiazole rings is 1. The summed E-state index contributed by atoms with van der Waals surface area (Å²) in [5.74, 6) is -0.00508. The molecule has 0 radical (unpaired) electrons. The summed E-state index contributed by atoms with van der Waals surface area (Å²) in [7, 11) is 0. The van der Waals surface area contributed by atoms with Crippen LogP contribution >= 0.6 is 11.3 Å². The number of benzene rings is 1. The number of hydrogen-bond donors (Lipinski definition) is 1. The van der Waals surface area contributed by atoms with E-state index in [9.17, 15) is 4.79 Å². The molecule has 100 valence electrons. The quantitative estimate of drug-likeness (QED) is 0.815. The predicted octanol–water partition coefficient (Wildman–Crippen LogP) is 3.73. The Morgan fingerprint density at radius 3 is 3.00 bits per heavy atom. The van der Waals surface area contributed by atoms with E-state index in [-0.39, 0.29) is 5.91 Å². The van der Waals surface area contributed by atoms with Crippen molar-refractivity contribution in [3.05, 3.63) is 41.4 Å². The van der Waals surface area contributed by atoms with Crippen molar-refractivity contribution in [1.82, 2.24) is 10.3 Å². The number of amides is 1. The molecule has 0 aliphatic rings. The Bertz CT molecular complexity index is 523. The van der Waals surface area contributed by atoms with Crippen LogP contribution in [0.1, 0.15) is 36.5 Å². The molecule has 0 fully saturated rings. The lowest BCUT2D eigenvalue weighted by molar-refractivity contribution is 0.0953. The van der Waals surface area contributed by atoms with E-state index >= 15 is 0 Å². The number of aromatic nitrogens is 1. The number of nitrogens with one attached hydrogen (secondary N) is 1. The monoisotopic (exact) mass is 274 g/mol. The van der Waals surface area contributed by atoms with Gasteiger partial charge in [-0.05, 0) is 18.6 Å². The molecule has 1 heterocycles. The minimum absolute atomic E-state index is 0.00508. The van der Waals surface area contributed by atoms with Gasteiger partial charge >= 0.3 is 0 Å². The maximum Gasteiger partial charge on any atom is 0.251 e. The van der Waals surface area contributed by atoms with E-state index in [0.29, 0.717) is 5.56 Å². The standard InChI is InChI=1S/C15H18N2OS/c1-2-3-4-8-16-14(18)12-6-5-7-13(11-12)15-17-9-10-19-15/h5-7,9-11H,2-4,8H2,1H3,(H,16,18). The highest BCUT2D eigenvalue weighted by Gasteiger charge is 2.07. The van der Waals surface area contributed by atoms with Gasteiger partial charge in [-0.25, -0.2) is 4.98 Å². The van der Waals surface area contributed by atoms with Gasteiger partial charge in [0.1, 0.15) is 5.01 Å². The minimum atomic E-state index is -0.00508. The normalized spacial score (nSPS) is 10.4. The van der Waals surface area contributed by atoms with Gasteiger partial charge in [-0.15, -0.1) is 11.3 Å². The summed E-state index contributed by atoms with van der Waals surface area (Å²) in [6.45, 7) is 2.90. The van der Waals surface area contributed by atoms with Crippen LogP contribution in [0.4, 0.5) is 0 Å². The number of carbonyl (C=O) groups excluding carboxylic acids is 1. The second kappa shape index (κ2) is 7.04. The number of hydrogen-bond acceptors (Lipinski definition) is 3. The summed E-state index contributed by atoms with van der Waals surface area (Å²) in [5.41, 5.74) is 1.69. The Morgan fingerprint density at radius 2 is 2.26 bits per heavy atom.